The summed E-state index contributed by atoms with van der Waals surface area (Å²) in [6, 6.07) is 0. The molecule has 1 aromatic rings. The van der Waals surface area contributed by atoms with E-state index >= 15 is 0 Å². The second-order valence-electron chi connectivity index (χ2n) is 4.89. The predicted octanol–water partition coefficient (Wildman–Crippen LogP) is 3.25. The molecule has 1 amide bonds. The average molecular weight is 312 g/mol. The van der Waals surface area contributed by atoms with Gasteiger partial charge < -0.3 is 9.64 Å². The minimum atomic E-state index is -0.435. The molecular weight excluding hydrogens is 288 g/mol. The number of rotatable bonds is 9. The number of amides is 1. The van der Waals surface area contributed by atoms with Crippen molar-refractivity contribution in [1.82, 2.24) is 9.88 Å². The number of unbranched alkanes of at least 4 members (excludes halogenated alkanes) is 2. The van der Waals surface area contributed by atoms with Crippen LogP contribution in [0, 0.1) is 0 Å². The minimum Gasteiger partial charge on any atom is -0.464 e. The third-order valence-corrected chi connectivity index (χ3v) is 3.95. The van der Waals surface area contributed by atoms with Gasteiger partial charge in [-0.25, -0.2) is 9.78 Å². The Morgan fingerprint density at radius 3 is 2.67 bits per heavy atom. The van der Waals surface area contributed by atoms with Gasteiger partial charge in [0.2, 0.25) is 5.91 Å². The topological polar surface area (TPSA) is 59.5 Å². The third kappa shape index (κ3) is 5.83. The Labute approximate surface area is 130 Å². The number of carbonyl (C=O) groups is 2. The van der Waals surface area contributed by atoms with E-state index in [0.29, 0.717) is 18.7 Å². The quantitative estimate of drug-likeness (QED) is 0.519. The highest BCUT2D eigenvalue weighted by Crippen LogP contribution is 2.15. The Kier molecular flexibility index (Phi) is 7.97. The lowest BCUT2D eigenvalue weighted by Crippen LogP contribution is -2.31. The molecule has 0 fully saturated rings. The predicted molar refractivity (Wildman–Crippen MR) is 83.3 cm³/mol. The molecule has 1 rings (SSSR count). The van der Waals surface area contributed by atoms with Gasteiger partial charge in [0, 0.05) is 18.3 Å². The number of methoxy groups -OCH3 is 1. The van der Waals surface area contributed by atoms with Crippen LogP contribution in [0.3, 0.4) is 0 Å². The second-order valence-corrected chi connectivity index (χ2v) is 5.83. The van der Waals surface area contributed by atoms with E-state index in [1.165, 1.54) is 18.4 Å². The van der Waals surface area contributed by atoms with Crippen LogP contribution in [0.15, 0.2) is 5.38 Å². The summed E-state index contributed by atoms with van der Waals surface area (Å²) >= 11 is 1.39. The van der Waals surface area contributed by atoms with E-state index in [4.69, 9.17) is 0 Å². The number of hydrogen-bond acceptors (Lipinski definition) is 5. The monoisotopic (exact) mass is 312 g/mol. The van der Waals surface area contributed by atoms with E-state index in [-0.39, 0.29) is 5.91 Å². The van der Waals surface area contributed by atoms with E-state index in [1.54, 1.807) is 5.38 Å². The normalized spacial score (nSPS) is 10.4. The van der Waals surface area contributed by atoms with Crippen molar-refractivity contribution < 1.29 is 14.3 Å². The van der Waals surface area contributed by atoms with Crippen LogP contribution in [0.5, 0.6) is 0 Å². The molecule has 0 radical (unpaired) electrons. The van der Waals surface area contributed by atoms with Crippen LogP contribution in [0.2, 0.25) is 0 Å². The summed E-state index contributed by atoms with van der Waals surface area (Å²) in [5.74, 6) is -0.279. The van der Waals surface area contributed by atoms with Crippen LogP contribution in [0.25, 0.3) is 0 Å². The van der Waals surface area contributed by atoms with Gasteiger partial charge in [0.25, 0.3) is 0 Å². The van der Waals surface area contributed by atoms with Gasteiger partial charge in [-0.2, -0.15) is 0 Å². The fourth-order valence-electron chi connectivity index (χ4n) is 1.96. The van der Waals surface area contributed by atoms with Crippen molar-refractivity contribution in [3.8, 4) is 0 Å². The fourth-order valence-corrected chi connectivity index (χ4v) is 2.74. The van der Waals surface area contributed by atoms with Gasteiger partial charge in [0.15, 0.2) is 5.69 Å². The zero-order valence-electron chi connectivity index (χ0n) is 13.1. The van der Waals surface area contributed by atoms with Crippen molar-refractivity contribution in [3.05, 3.63) is 16.1 Å². The van der Waals surface area contributed by atoms with Crippen LogP contribution in [0.4, 0.5) is 0 Å². The molecule has 0 atom stereocenters. The summed E-state index contributed by atoms with van der Waals surface area (Å²) in [4.78, 5) is 29.6. The number of ether oxygens (including phenoxy) is 1. The van der Waals surface area contributed by atoms with Gasteiger partial charge in [-0.1, -0.05) is 26.7 Å². The molecule has 0 saturated heterocycles. The number of thiazole rings is 1. The van der Waals surface area contributed by atoms with Gasteiger partial charge in [-0.3, -0.25) is 4.79 Å². The highest BCUT2D eigenvalue weighted by atomic mass is 32.1. The minimum absolute atomic E-state index is 0.156. The molecule has 1 heterocycles. The first-order valence-corrected chi connectivity index (χ1v) is 8.30. The number of esters is 1. The highest BCUT2D eigenvalue weighted by molar-refractivity contribution is 7.09. The van der Waals surface area contributed by atoms with Crippen LogP contribution in [0.1, 0.15) is 61.4 Å². The summed E-state index contributed by atoms with van der Waals surface area (Å²) < 4.78 is 4.64. The SMILES string of the molecule is CCCCCN(Cc1nc(C(=O)OC)cs1)C(=O)CCC. The smallest absolute Gasteiger partial charge is 0.357 e. The summed E-state index contributed by atoms with van der Waals surface area (Å²) in [6.07, 6.45) is 4.64. The first-order chi connectivity index (χ1) is 10.1. The largest absolute Gasteiger partial charge is 0.464 e. The van der Waals surface area contributed by atoms with Crippen molar-refractivity contribution in [2.24, 2.45) is 0 Å². The van der Waals surface area contributed by atoms with E-state index in [0.717, 1.165) is 37.2 Å². The van der Waals surface area contributed by atoms with Gasteiger partial charge in [-0.15, -0.1) is 11.3 Å². The first kappa shape index (κ1) is 17.6. The maximum Gasteiger partial charge on any atom is 0.357 e. The lowest BCUT2D eigenvalue weighted by atomic mass is 10.2. The molecule has 0 unspecified atom stereocenters. The molecule has 0 spiro atoms. The number of carbonyl (C=O) groups excluding carboxylic acids is 2. The van der Waals surface area contributed by atoms with Crippen molar-refractivity contribution in [2.75, 3.05) is 13.7 Å². The van der Waals surface area contributed by atoms with Crippen molar-refractivity contribution >= 4 is 23.2 Å². The number of aromatic nitrogens is 1. The Hall–Kier alpha value is -1.43. The van der Waals surface area contributed by atoms with Crippen LogP contribution in [-0.4, -0.2) is 35.4 Å². The highest BCUT2D eigenvalue weighted by Gasteiger charge is 2.16. The summed E-state index contributed by atoms with van der Waals surface area (Å²) in [7, 11) is 1.34. The molecule has 0 aliphatic rings. The maximum atomic E-state index is 12.1. The Bertz CT molecular complexity index is 460. The number of hydrogen-bond donors (Lipinski definition) is 0. The van der Waals surface area contributed by atoms with E-state index in [1.807, 2.05) is 11.8 Å². The van der Waals surface area contributed by atoms with Crippen molar-refractivity contribution in [3.63, 3.8) is 0 Å². The zero-order valence-corrected chi connectivity index (χ0v) is 13.9. The molecule has 21 heavy (non-hydrogen) atoms. The van der Waals surface area contributed by atoms with Gasteiger partial charge >= 0.3 is 5.97 Å². The summed E-state index contributed by atoms with van der Waals surface area (Å²) in [6.45, 7) is 5.37. The van der Waals surface area contributed by atoms with Crippen LogP contribution >= 0.6 is 11.3 Å². The molecule has 0 N–H and O–H groups in total. The standard InChI is InChI=1S/C15H24N2O3S/c1-4-6-7-9-17(14(18)8-5-2)10-13-16-12(11-21-13)15(19)20-3/h11H,4-10H2,1-3H3. The molecule has 0 aliphatic carbocycles. The third-order valence-electron chi connectivity index (χ3n) is 3.12. The zero-order chi connectivity index (χ0) is 15.7. The first-order valence-electron chi connectivity index (χ1n) is 7.42. The van der Waals surface area contributed by atoms with Crippen molar-refractivity contribution in [1.29, 1.82) is 0 Å². The lowest BCUT2D eigenvalue weighted by Gasteiger charge is -2.21. The molecule has 118 valence electrons. The number of nitrogens with zero attached hydrogens (tertiary/aromatic N) is 2. The average Bonchev–Trinajstić information content (AvgIpc) is 2.94. The Balaban J connectivity index is 2.68. The van der Waals surface area contributed by atoms with E-state index < -0.39 is 5.97 Å². The summed E-state index contributed by atoms with van der Waals surface area (Å²) in [5.41, 5.74) is 0.314. The van der Waals surface area contributed by atoms with Gasteiger partial charge in [-0.05, 0) is 12.8 Å². The molecule has 0 bridgehead atoms. The van der Waals surface area contributed by atoms with E-state index in [2.05, 4.69) is 16.6 Å². The van der Waals surface area contributed by atoms with Gasteiger partial charge in [0.05, 0.1) is 13.7 Å². The Morgan fingerprint density at radius 1 is 1.29 bits per heavy atom. The molecule has 0 aromatic carbocycles. The molecule has 0 aliphatic heterocycles. The molecular formula is C15H24N2O3S. The molecule has 1 aromatic heterocycles. The molecule has 6 heteroatoms. The van der Waals surface area contributed by atoms with E-state index in [9.17, 15) is 9.59 Å². The lowest BCUT2D eigenvalue weighted by molar-refractivity contribution is -0.131. The second kappa shape index (κ2) is 9.50. The summed E-state index contributed by atoms with van der Waals surface area (Å²) in [5, 5.41) is 2.45. The Morgan fingerprint density at radius 2 is 2.05 bits per heavy atom. The fraction of sp³-hybridized carbons (Fsp3) is 0.667. The molecule has 0 saturated carbocycles. The maximum absolute atomic E-state index is 12.1. The molecule has 5 nitrogen and oxygen atoms in total. The van der Waals surface area contributed by atoms with Crippen LogP contribution in [-0.2, 0) is 16.1 Å². The van der Waals surface area contributed by atoms with Gasteiger partial charge in [0.1, 0.15) is 5.01 Å². The van der Waals surface area contributed by atoms with Crippen LogP contribution < -0.4 is 0 Å². The van der Waals surface area contributed by atoms with Crippen molar-refractivity contribution in [2.45, 2.75) is 52.5 Å².